The predicted octanol–water partition coefficient (Wildman–Crippen LogP) is 15.2. The maximum Gasteiger partial charge on any atom is 0.169 e. The van der Waals surface area contributed by atoms with Gasteiger partial charge in [0, 0.05) is 24.3 Å². The van der Waals surface area contributed by atoms with E-state index in [4.69, 9.17) is 49.4 Å². The van der Waals surface area contributed by atoms with Crippen molar-refractivity contribution in [3.8, 4) is 92.0 Å². The van der Waals surface area contributed by atoms with Crippen molar-refractivity contribution in [3.05, 3.63) is 218 Å². The Labute approximate surface area is 369 Å². The van der Waals surface area contributed by atoms with Gasteiger partial charge in [0.25, 0.3) is 0 Å². The minimum Gasteiger partial charge on any atom is -0.457 e. The summed E-state index contributed by atoms with van der Waals surface area (Å²) in [5, 5.41) is 0. The minimum absolute atomic E-state index is 0.521. The van der Waals surface area contributed by atoms with Crippen LogP contribution >= 0.6 is 0 Å². The first-order chi connectivity index (χ1) is 31.5. The molecule has 314 valence electrons. The first-order valence-corrected chi connectivity index (χ1v) is 20.3. The molecule has 0 bridgehead atoms. The second kappa shape index (κ2) is 19.1. The van der Waals surface area contributed by atoms with Gasteiger partial charge in [0.05, 0.1) is 11.4 Å². The molecule has 0 saturated heterocycles. The summed E-state index contributed by atoms with van der Waals surface area (Å²) in [6, 6.07) is 66.2. The monoisotopic (exact) mass is 844 g/mol. The smallest absolute Gasteiger partial charge is 0.169 e. The molecule has 10 nitrogen and oxygen atoms in total. The van der Waals surface area contributed by atoms with Crippen LogP contribution in [0.2, 0.25) is 0 Å². The van der Waals surface area contributed by atoms with E-state index in [2.05, 4.69) is 0 Å². The molecule has 0 fully saturated rings. The zero-order valence-electron chi connectivity index (χ0n) is 34.2. The van der Waals surface area contributed by atoms with Gasteiger partial charge in [0.2, 0.25) is 0 Å². The predicted molar refractivity (Wildman–Crippen MR) is 247 cm³/mol. The lowest BCUT2D eigenvalue weighted by Crippen LogP contribution is -1.93. The van der Waals surface area contributed by atoms with Gasteiger partial charge in [-0.2, -0.15) is 0 Å². The summed E-state index contributed by atoms with van der Waals surface area (Å²) in [5.74, 6) is 9.06. The first kappa shape index (κ1) is 40.4. The molecule has 9 rings (SSSR count). The van der Waals surface area contributed by atoms with Crippen molar-refractivity contribution < 1.29 is 37.9 Å². The third-order valence-corrected chi connectivity index (χ3v) is 9.42. The molecule has 64 heavy (non-hydrogen) atoms. The zero-order chi connectivity index (χ0) is 43.5. The Kier molecular flexibility index (Phi) is 12.1. The maximum absolute atomic E-state index is 6.31. The van der Waals surface area contributed by atoms with Gasteiger partial charge < -0.3 is 49.4 Å². The van der Waals surface area contributed by atoms with E-state index in [-0.39, 0.29) is 0 Å². The zero-order valence-corrected chi connectivity index (χ0v) is 34.2. The fourth-order valence-electron chi connectivity index (χ4n) is 6.40. The molecule has 0 spiro atoms. The number of rotatable bonds is 16. The Bertz CT molecular complexity index is 2810. The maximum atomic E-state index is 6.31. The van der Waals surface area contributed by atoms with E-state index in [0.29, 0.717) is 103 Å². The molecule has 0 heterocycles. The van der Waals surface area contributed by atoms with Gasteiger partial charge in [-0.15, -0.1) is 0 Å². The number of benzene rings is 9. The molecule has 0 aliphatic rings. The van der Waals surface area contributed by atoms with Crippen LogP contribution in [0.4, 0.5) is 11.4 Å². The van der Waals surface area contributed by atoms with Crippen molar-refractivity contribution >= 4 is 11.4 Å². The van der Waals surface area contributed by atoms with E-state index in [0.717, 1.165) is 0 Å². The topological polar surface area (TPSA) is 126 Å². The number of anilines is 2. The molecule has 0 atom stereocenters. The third kappa shape index (κ3) is 10.5. The number of hydrogen-bond donors (Lipinski definition) is 2. The van der Waals surface area contributed by atoms with E-state index in [1.807, 2.05) is 182 Å². The van der Waals surface area contributed by atoms with Gasteiger partial charge in [-0.3, -0.25) is 0 Å². The molecular formula is C54H40N2O8. The van der Waals surface area contributed by atoms with E-state index in [1.165, 1.54) is 0 Å². The summed E-state index contributed by atoms with van der Waals surface area (Å²) in [7, 11) is 0. The number of para-hydroxylation sites is 8. The molecule has 0 aliphatic heterocycles. The molecule has 9 aromatic rings. The molecule has 9 aromatic carbocycles. The highest BCUT2D eigenvalue weighted by Crippen LogP contribution is 2.40. The van der Waals surface area contributed by atoms with Gasteiger partial charge in [0.1, 0.15) is 69.0 Å². The van der Waals surface area contributed by atoms with E-state index >= 15 is 0 Å². The van der Waals surface area contributed by atoms with Crippen LogP contribution in [-0.2, 0) is 0 Å². The second-order valence-electron chi connectivity index (χ2n) is 14.2. The van der Waals surface area contributed by atoms with Crippen LogP contribution in [0.25, 0.3) is 0 Å². The Morgan fingerprint density at radius 1 is 0.188 bits per heavy atom. The summed E-state index contributed by atoms with van der Waals surface area (Å²) in [6.45, 7) is 0. The van der Waals surface area contributed by atoms with Crippen LogP contribution < -0.4 is 49.4 Å². The molecule has 0 radical (unpaired) electrons. The summed E-state index contributed by atoms with van der Waals surface area (Å²) < 4.78 is 49.5. The molecule has 0 amide bonds. The fraction of sp³-hybridized carbons (Fsp3) is 0. The van der Waals surface area contributed by atoms with Crippen molar-refractivity contribution in [1.82, 2.24) is 0 Å². The first-order valence-electron chi connectivity index (χ1n) is 20.3. The highest BCUT2D eigenvalue weighted by atomic mass is 16.5. The number of hydrogen-bond acceptors (Lipinski definition) is 10. The van der Waals surface area contributed by atoms with E-state index in [1.54, 1.807) is 36.4 Å². The van der Waals surface area contributed by atoms with E-state index in [9.17, 15) is 0 Å². The van der Waals surface area contributed by atoms with Crippen LogP contribution in [0.3, 0.4) is 0 Å². The Balaban J connectivity index is 0.820. The molecule has 10 heteroatoms. The largest absolute Gasteiger partial charge is 0.457 e. The lowest BCUT2D eigenvalue weighted by Gasteiger charge is -2.15. The van der Waals surface area contributed by atoms with Gasteiger partial charge in [-0.05, 0) is 121 Å². The molecule has 0 unspecified atom stereocenters. The van der Waals surface area contributed by atoms with E-state index < -0.39 is 0 Å². The van der Waals surface area contributed by atoms with Crippen molar-refractivity contribution in [2.45, 2.75) is 0 Å². The summed E-state index contributed by atoms with van der Waals surface area (Å²) in [6.07, 6.45) is 0. The lowest BCUT2D eigenvalue weighted by atomic mass is 10.2. The molecule has 4 N–H and O–H groups in total. The average Bonchev–Trinajstić information content (AvgIpc) is 3.30. The third-order valence-electron chi connectivity index (χ3n) is 9.42. The quantitative estimate of drug-likeness (QED) is 0.0908. The standard InChI is InChI=1S/C54H40N2O8/c55-47-21-1-3-23-49(47)61-43-17-9-13-39(33-43)57-41-15-11-19-45(35-41)63-53-27-7-5-25-51(53)59-37-29-31-38(32-30-37)60-52-26-6-8-28-54(52)64-46-20-12-16-42(36-46)58-40-14-10-18-44(34-40)62-50-24-4-2-22-48(50)56/h1-36H,55-56H2. The van der Waals surface area contributed by atoms with Gasteiger partial charge in [0.15, 0.2) is 23.0 Å². The Hall–Kier alpha value is -9.02. The van der Waals surface area contributed by atoms with Crippen molar-refractivity contribution in [1.29, 1.82) is 0 Å². The Morgan fingerprint density at radius 2 is 0.406 bits per heavy atom. The second-order valence-corrected chi connectivity index (χ2v) is 14.2. The normalized spacial score (nSPS) is 10.6. The summed E-state index contributed by atoms with van der Waals surface area (Å²) in [5.41, 5.74) is 13.2. The van der Waals surface area contributed by atoms with Crippen LogP contribution in [0.15, 0.2) is 218 Å². The Morgan fingerprint density at radius 3 is 0.688 bits per heavy atom. The fourth-order valence-corrected chi connectivity index (χ4v) is 6.40. The van der Waals surface area contributed by atoms with Crippen LogP contribution in [-0.4, -0.2) is 0 Å². The highest BCUT2D eigenvalue weighted by molar-refractivity contribution is 5.56. The van der Waals surface area contributed by atoms with Crippen molar-refractivity contribution in [2.75, 3.05) is 11.5 Å². The van der Waals surface area contributed by atoms with Gasteiger partial charge >= 0.3 is 0 Å². The van der Waals surface area contributed by atoms with Crippen molar-refractivity contribution in [3.63, 3.8) is 0 Å². The highest BCUT2D eigenvalue weighted by Gasteiger charge is 2.13. The van der Waals surface area contributed by atoms with Gasteiger partial charge in [-0.25, -0.2) is 0 Å². The number of nitrogens with two attached hydrogens (primary N) is 2. The summed E-state index contributed by atoms with van der Waals surface area (Å²) in [4.78, 5) is 0. The molecular weight excluding hydrogens is 805 g/mol. The van der Waals surface area contributed by atoms with Crippen molar-refractivity contribution in [2.24, 2.45) is 0 Å². The number of ether oxygens (including phenoxy) is 8. The lowest BCUT2D eigenvalue weighted by molar-refractivity contribution is 0.410. The van der Waals surface area contributed by atoms with Gasteiger partial charge in [-0.1, -0.05) is 72.8 Å². The minimum atomic E-state index is 0.521. The van der Waals surface area contributed by atoms with Crippen LogP contribution in [0.1, 0.15) is 0 Å². The molecule has 0 aromatic heterocycles. The summed E-state index contributed by atoms with van der Waals surface area (Å²) >= 11 is 0. The van der Waals surface area contributed by atoms with Crippen LogP contribution in [0, 0.1) is 0 Å². The average molecular weight is 845 g/mol. The molecule has 0 saturated carbocycles. The number of nitrogen functional groups attached to an aromatic ring is 2. The molecule has 0 aliphatic carbocycles. The SMILES string of the molecule is Nc1ccccc1Oc1cccc(Oc2cccc(Oc3ccccc3Oc3ccc(Oc4ccccc4Oc4cccc(Oc5cccc(Oc6ccccc6N)c5)c4)cc3)c2)c1. The van der Waals surface area contributed by atoms with Crippen LogP contribution in [0.5, 0.6) is 92.0 Å².